The summed E-state index contributed by atoms with van der Waals surface area (Å²) in [6.45, 7) is 9.03. The Morgan fingerprint density at radius 1 is 1.21 bits per heavy atom. The van der Waals surface area contributed by atoms with Crippen LogP contribution in [0.5, 0.6) is 0 Å². The number of nitrogens with zero attached hydrogens (tertiary/aromatic N) is 5. The van der Waals surface area contributed by atoms with Crippen molar-refractivity contribution in [3.8, 4) is 6.07 Å². The van der Waals surface area contributed by atoms with Crippen molar-refractivity contribution in [2.45, 2.75) is 12.8 Å². The number of fused-ring (bicyclic) bond motifs is 1. The van der Waals surface area contributed by atoms with Crippen molar-refractivity contribution < 1.29 is 9.53 Å². The Kier molecular flexibility index (Phi) is 6.74. The average molecular weight is 382 g/mol. The van der Waals surface area contributed by atoms with Crippen LogP contribution in [0.2, 0.25) is 0 Å². The molecule has 0 aliphatic carbocycles. The van der Waals surface area contributed by atoms with E-state index in [2.05, 4.69) is 32.0 Å². The molecular formula is C20H26N6O2. The van der Waals surface area contributed by atoms with Crippen molar-refractivity contribution in [2.75, 3.05) is 58.2 Å². The van der Waals surface area contributed by atoms with Crippen molar-refractivity contribution >= 4 is 22.8 Å². The lowest BCUT2D eigenvalue weighted by Gasteiger charge is -2.34. The Bertz CT molecular complexity index is 857. The van der Waals surface area contributed by atoms with Gasteiger partial charge in [0.2, 0.25) is 0 Å². The van der Waals surface area contributed by atoms with Gasteiger partial charge >= 0.3 is 5.97 Å². The molecule has 0 spiro atoms. The van der Waals surface area contributed by atoms with Crippen molar-refractivity contribution in [1.82, 2.24) is 19.8 Å². The summed E-state index contributed by atoms with van der Waals surface area (Å²) in [4.78, 5) is 26.0. The topological polar surface area (TPSA) is 94.4 Å². The predicted molar refractivity (Wildman–Crippen MR) is 107 cm³/mol. The SMILES string of the molecule is CCN1CCN(CCNc2nc3ccccc3nc2C(C#N)C(=O)OC)CC1. The Morgan fingerprint density at radius 3 is 2.46 bits per heavy atom. The number of benzene rings is 1. The van der Waals surface area contributed by atoms with E-state index in [1.165, 1.54) is 7.11 Å². The van der Waals surface area contributed by atoms with Gasteiger partial charge < -0.3 is 15.0 Å². The number of carbonyl (C=O) groups is 1. The fourth-order valence-corrected chi connectivity index (χ4v) is 3.35. The van der Waals surface area contributed by atoms with E-state index in [0.717, 1.165) is 39.3 Å². The number of aromatic nitrogens is 2. The van der Waals surface area contributed by atoms with E-state index in [1.807, 2.05) is 30.3 Å². The molecule has 28 heavy (non-hydrogen) atoms. The van der Waals surface area contributed by atoms with Gasteiger partial charge in [0.25, 0.3) is 0 Å². The minimum absolute atomic E-state index is 0.309. The molecule has 0 saturated carbocycles. The van der Waals surface area contributed by atoms with Crippen molar-refractivity contribution in [2.24, 2.45) is 0 Å². The fraction of sp³-hybridized carbons (Fsp3) is 0.500. The largest absolute Gasteiger partial charge is 0.468 e. The maximum atomic E-state index is 12.1. The highest BCUT2D eigenvalue weighted by Crippen LogP contribution is 2.24. The van der Waals surface area contributed by atoms with Gasteiger partial charge in [-0.3, -0.25) is 9.69 Å². The number of likely N-dealkylation sites (N-methyl/N-ethyl adjacent to an activating group) is 1. The molecule has 0 radical (unpaired) electrons. The number of esters is 1. The van der Waals surface area contributed by atoms with Gasteiger partial charge in [-0.05, 0) is 18.7 Å². The molecule has 1 aromatic carbocycles. The molecule has 1 N–H and O–H groups in total. The minimum Gasteiger partial charge on any atom is -0.468 e. The third-order valence-corrected chi connectivity index (χ3v) is 5.07. The summed E-state index contributed by atoms with van der Waals surface area (Å²) in [5, 5.41) is 12.8. The number of hydrogen-bond donors (Lipinski definition) is 1. The maximum absolute atomic E-state index is 12.1. The van der Waals surface area contributed by atoms with E-state index in [9.17, 15) is 10.1 Å². The van der Waals surface area contributed by atoms with Gasteiger partial charge in [0.1, 0.15) is 5.69 Å². The number of anilines is 1. The fourth-order valence-electron chi connectivity index (χ4n) is 3.35. The van der Waals surface area contributed by atoms with E-state index in [-0.39, 0.29) is 0 Å². The van der Waals surface area contributed by atoms with E-state index < -0.39 is 11.9 Å². The summed E-state index contributed by atoms with van der Waals surface area (Å²) in [5.74, 6) is -1.29. The summed E-state index contributed by atoms with van der Waals surface area (Å²) >= 11 is 0. The molecule has 8 nitrogen and oxygen atoms in total. The summed E-state index contributed by atoms with van der Waals surface area (Å²) in [6, 6.07) is 9.40. The van der Waals surface area contributed by atoms with Crippen LogP contribution in [-0.4, -0.2) is 78.7 Å². The summed E-state index contributed by atoms with van der Waals surface area (Å²) < 4.78 is 4.78. The van der Waals surface area contributed by atoms with Gasteiger partial charge in [0.05, 0.1) is 24.2 Å². The highest BCUT2D eigenvalue weighted by molar-refractivity contribution is 5.84. The second-order valence-electron chi connectivity index (χ2n) is 6.73. The van der Waals surface area contributed by atoms with Crippen LogP contribution in [0.15, 0.2) is 24.3 Å². The number of methoxy groups -OCH3 is 1. The van der Waals surface area contributed by atoms with E-state index in [1.54, 1.807) is 0 Å². The minimum atomic E-state index is -1.11. The molecule has 1 fully saturated rings. The van der Waals surface area contributed by atoms with Crippen LogP contribution in [-0.2, 0) is 9.53 Å². The smallest absolute Gasteiger partial charge is 0.329 e. The lowest BCUT2D eigenvalue weighted by molar-refractivity contribution is -0.141. The van der Waals surface area contributed by atoms with E-state index in [4.69, 9.17) is 4.74 Å². The maximum Gasteiger partial charge on any atom is 0.329 e. The molecule has 3 rings (SSSR count). The van der Waals surface area contributed by atoms with E-state index >= 15 is 0 Å². The van der Waals surface area contributed by atoms with Crippen LogP contribution in [0.3, 0.4) is 0 Å². The molecule has 1 saturated heterocycles. The molecule has 0 amide bonds. The second kappa shape index (κ2) is 9.44. The molecular weight excluding hydrogens is 356 g/mol. The van der Waals surface area contributed by atoms with Gasteiger partial charge in [0, 0.05) is 39.3 Å². The zero-order valence-corrected chi connectivity index (χ0v) is 16.4. The summed E-state index contributed by atoms with van der Waals surface area (Å²) in [7, 11) is 1.27. The molecule has 148 valence electrons. The molecule has 0 bridgehead atoms. The Labute approximate surface area is 165 Å². The molecule has 1 atom stereocenters. The number of ether oxygens (including phenoxy) is 1. The summed E-state index contributed by atoms with van der Waals surface area (Å²) in [6.07, 6.45) is 0. The monoisotopic (exact) mass is 382 g/mol. The van der Waals surface area contributed by atoms with Crippen molar-refractivity contribution in [3.05, 3.63) is 30.0 Å². The van der Waals surface area contributed by atoms with Gasteiger partial charge in [-0.25, -0.2) is 9.97 Å². The number of nitrogens with one attached hydrogen (secondary N) is 1. The standard InChI is InChI=1S/C20H26N6O2/c1-3-25-10-12-26(13-11-25)9-8-22-19-18(15(14-21)20(27)28-2)23-16-6-4-5-7-17(16)24-19/h4-7,15H,3,8-13H2,1-2H3,(H,22,24). The second-order valence-corrected chi connectivity index (χ2v) is 6.73. The molecule has 8 heteroatoms. The first-order valence-electron chi connectivity index (χ1n) is 9.59. The normalized spacial score (nSPS) is 16.5. The lowest BCUT2D eigenvalue weighted by Crippen LogP contribution is -2.47. The number of hydrogen-bond acceptors (Lipinski definition) is 8. The first-order valence-corrected chi connectivity index (χ1v) is 9.59. The van der Waals surface area contributed by atoms with Crippen LogP contribution in [0.25, 0.3) is 11.0 Å². The van der Waals surface area contributed by atoms with Crippen LogP contribution in [0.4, 0.5) is 5.82 Å². The van der Waals surface area contributed by atoms with Crippen molar-refractivity contribution in [3.63, 3.8) is 0 Å². The molecule has 2 heterocycles. The predicted octanol–water partition coefficient (Wildman–Crippen LogP) is 1.46. The molecule has 1 aliphatic heterocycles. The Balaban J connectivity index is 1.76. The number of carbonyl (C=O) groups excluding carboxylic acids is 1. The molecule has 1 unspecified atom stereocenters. The summed E-state index contributed by atoms with van der Waals surface area (Å²) in [5.41, 5.74) is 1.67. The lowest BCUT2D eigenvalue weighted by atomic mass is 10.1. The Hall–Kier alpha value is -2.76. The van der Waals surface area contributed by atoms with Gasteiger partial charge in [-0.15, -0.1) is 0 Å². The zero-order valence-electron chi connectivity index (χ0n) is 16.4. The number of piperazine rings is 1. The molecule has 1 aliphatic rings. The van der Waals surface area contributed by atoms with Crippen LogP contribution < -0.4 is 5.32 Å². The third-order valence-electron chi connectivity index (χ3n) is 5.07. The quantitative estimate of drug-likeness (QED) is 0.719. The van der Waals surface area contributed by atoms with Crippen LogP contribution >= 0.6 is 0 Å². The van der Waals surface area contributed by atoms with Gasteiger partial charge in [-0.1, -0.05) is 19.1 Å². The molecule has 1 aromatic heterocycles. The van der Waals surface area contributed by atoms with E-state index in [0.29, 0.717) is 29.1 Å². The third kappa shape index (κ3) is 4.55. The zero-order chi connectivity index (χ0) is 19.9. The Morgan fingerprint density at radius 2 is 1.86 bits per heavy atom. The van der Waals surface area contributed by atoms with Gasteiger partial charge in [-0.2, -0.15) is 5.26 Å². The van der Waals surface area contributed by atoms with Crippen LogP contribution in [0.1, 0.15) is 18.5 Å². The molecule has 2 aromatic rings. The van der Waals surface area contributed by atoms with Gasteiger partial charge in [0.15, 0.2) is 11.7 Å². The van der Waals surface area contributed by atoms with Crippen molar-refractivity contribution in [1.29, 1.82) is 5.26 Å². The first kappa shape index (κ1) is 20.0. The number of para-hydroxylation sites is 2. The van der Waals surface area contributed by atoms with Crippen LogP contribution in [0, 0.1) is 11.3 Å². The number of nitriles is 1. The highest BCUT2D eigenvalue weighted by atomic mass is 16.5. The average Bonchev–Trinajstić information content (AvgIpc) is 2.74. The number of rotatable bonds is 7. The highest BCUT2D eigenvalue weighted by Gasteiger charge is 2.27. The first-order chi connectivity index (χ1) is 13.7.